The van der Waals surface area contributed by atoms with Crippen LogP contribution in [0.4, 0.5) is 0 Å². The number of amides is 2. The molecule has 0 saturated carbocycles. The van der Waals surface area contributed by atoms with Gasteiger partial charge in [0.15, 0.2) is 6.54 Å². The van der Waals surface area contributed by atoms with Gasteiger partial charge < -0.3 is 33.8 Å². The number of nitrogens with two attached hydrogens (primary N) is 1. The summed E-state index contributed by atoms with van der Waals surface area (Å²) in [6.45, 7) is 18.2. The second kappa shape index (κ2) is 17.0. The fourth-order valence-electron chi connectivity index (χ4n) is 9.85. The van der Waals surface area contributed by atoms with Gasteiger partial charge in [-0.1, -0.05) is 62.9 Å². The molecule has 0 aromatic heterocycles. The summed E-state index contributed by atoms with van der Waals surface area (Å²) in [4.78, 5) is 75.7. The molecule has 4 saturated heterocycles. The molecule has 2 aromatic carbocycles. The molecule has 59 heavy (non-hydrogen) atoms. The molecule has 5 heterocycles. The van der Waals surface area contributed by atoms with E-state index in [1.165, 1.54) is 30.2 Å². The Hall–Kier alpha value is -5.57. The maximum absolute atomic E-state index is 13.7. The number of nitrogens with zero attached hydrogens (tertiary/aromatic N) is 3. The van der Waals surface area contributed by atoms with Crippen molar-refractivity contribution in [3.05, 3.63) is 95.7 Å². The minimum absolute atomic E-state index is 0.00283. The van der Waals surface area contributed by atoms with Crippen LogP contribution in [0.1, 0.15) is 37.0 Å². The third-order valence-corrected chi connectivity index (χ3v) is 13.1. The number of esters is 2. The molecule has 6 aliphatic rings. The average molecular weight is 811 g/mol. The summed E-state index contributed by atoms with van der Waals surface area (Å²) in [5, 5.41) is 0. The van der Waals surface area contributed by atoms with E-state index in [9.17, 15) is 24.0 Å². The van der Waals surface area contributed by atoms with Crippen molar-refractivity contribution < 1.29 is 56.9 Å². The summed E-state index contributed by atoms with van der Waals surface area (Å²) in [5.41, 5.74) is 11.5. The first-order valence-electron chi connectivity index (χ1n) is 20.3. The van der Waals surface area contributed by atoms with Crippen molar-refractivity contribution in [2.24, 2.45) is 23.5 Å². The number of benzene rings is 2. The van der Waals surface area contributed by atoms with Crippen molar-refractivity contribution in [1.29, 1.82) is 0 Å². The Bertz CT molecular complexity index is 2120. The Labute approximate surface area is 344 Å². The minimum Gasteiger partial charge on any atom is -0.488 e. The fourth-order valence-corrected chi connectivity index (χ4v) is 9.85. The number of β-lactam (4-membered cyclic amide) rings is 1. The largest absolute Gasteiger partial charge is 0.488 e. The van der Waals surface area contributed by atoms with Crippen molar-refractivity contribution in [2.45, 2.75) is 32.7 Å². The van der Waals surface area contributed by atoms with Gasteiger partial charge in [0, 0.05) is 29.6 Å². The Morgan fingerprint density at radius 3 is 2.36 bits per heavy atom. The van der Waals surface area contributed by atoms with Crippen LogP contribution in [-0.2, 0) is 49.6 Å². The first kappa shape index (κ1) is 41.6. The maximum atomic E-state index is 13.7. The highest BCUT2D eigenvalue weighted by Gasteiger charge is 2.61. The third kappa shape index (κ3) is 7.84. The Kier molecular flexibility index (Phi) is 12.0. The molecule has 4 atom stereocenters. The number of aryl methyl sites for hydroxylation is 1. The zero-order chi connectivity index (χ0) is 42.1. The lowest BCUT2D eigenvalue weighted by molar-refractivity contribution is -1.08. The Morgan fingerprint density at radius 2 is 1.68 bits per heavy atom. The van der Waals surface area contributed by atoms with Gasteiger partial charge in [-0.25, -0.2) is 14.4 Å². The van der Waals surface area contributed by atoms with E-state index in [-0.39, 0.29) is 37.3 Å². The monoisotopic (exact) mass is 810 g/mol. The zero-order valence-electron chi connectivity index (χ0n) is 34.1. The van der Waals surface area contributed by atoms with Gasteiger partial charge in [-0.3, -0.25) is 14.5 Å². The van der Waals surface area contributed by atoms with E-state index in [1.807, 2.05) is 25.1 Å². The van der Waals surface area contributed by atoms with Gasteiger partial charge >= 0.3 is 17.9 Å². The van der Waals surface area contributed by atoms with E-state index >= 15 is 0 Å². The molecule has 14 heteroatoms. The molecule has 1 aliphatic carbocycles. The van der Waals surface area contributed by atoms with Crippen molar-refractivity contribution >= 4 is 35.3 Å². The molecule has 4 fully saturated rings. The van der Waals surface area contributed by atoms with Crippen LogP contribution in [0.25, 0.3) is 16.7 Å². The van der Waals surface area contributed by atoms with Crippen LogP contribution in [0.5, 0.6) is 5.75 Å². The molecule has 5 aliphatic heterocycles. The first-order valence-corrected chi connectivity index (χ1v) is 20.3. The first-order chi connectivity index (χ1) is 28.4. The molecule has 14 nitrogen and oxygen atoms in total. The third-order valence-electron chi connectivity index (χ3n) is 13.1. The van der Waals surface area contributed by atoms with Crippen LogP contribution in [0, 0.1) is 17.8 Å². The van der Waals surface area contributed by atoms with Gasteiger partial charge in [0.1, 0.15) is 70.5 Å². The van der Waals surface area contributed by atoms with Crippen LogP contribution >= 0.6 is 0 Å². The SMILES string of the molecule is C=CCOOC(=O)C(C)C1C(=O)N2C(C(=O)OCC=C)=C(COc3cccc4c3-c3ccc(CCC[N+]56CC[N+](CC(N)=O)(CC5)CC6)cc3/C4=C/C(=O)OC)[C@H](C)C12. The van der Waals surface area contributed by atoms with Gasteiger partial charge in [0.05, 0.1) is 31.5 Å². The molecule has 2 bridgehead atoms. The number of rotatable bonds is 18. The summed E-state index contributed by atoms with van der Waals surface area (Å²) in [6.07, 6.45) is 6.26. The lowest BCUT2D eigenvalue weighted by atomic mass is 9.74. The number of carbonyl (C=O) groups excluding carboxylic acids is 5. The highest BCUT2D eigenvalue weighted by Crippen LogP contribution is 2.51. The van der Waals surface area contributed by atoms with E-state index in [0.29, 0.717) is 17.9 Å². The molecule has 0 radical (unpaired) electrons. The minimum atomic E-state index is -0.844. The van der Waals surface area contributed by atoms with Crippen molar-refractivity contribution in [3.63, 3.8) is 0 Å². The van der Waals surface area contributed by atoms with Crippen LogP contribution in [0.15, 0.2) is 79.1 Å². The van der Waals surface area contributed by atoms with E-state index in [0.717, 1.165) is 101 Å². The molecule has 8 rings (SSSR count). The van der Waals surface area contributed by atoms with Gasteiger partial charge in [-0.2, -0.15) is 4.89 Å². The van der Waals surface area contributed by atoms with Crippen LogP contribution in [-0.4, -0.2) is 129 Å². The number of methoxy groups -OCH3 is 1. The zero-order valence-corrected chi connectivity index (χ0v) is 34.1. The average Bonchev–Trinajstić information content (AvgIpc) is 3.67. The molecule has 3 unspecified atom stereocenters. The van der Waals surface area contributed by atoms with E-state index < -0.39 is 41.7 Å². The Morgan fingerprint density at radius 1 is 0.966 bits per heavy atom. The quantitative estimate of drug-likeness (QED) is 0.0295. The standard InChI is InChI=1S/C45H53N4O10/c1-6-22-56-45(54)42-35(28(3)41-39(43(52)47(41)42)29(4)44(53)59-58-23-7-2)27-57-36-12-8-11-31-34(25-38(51)55-5)33-24-30(13-14-32(33)40(31)36)10-9-15-48-16-19-49(20-17-48,21-18-48)26-37(46)50/h6-8,11-14,24-25,28-29,39,41H,1-2,9-10,15-23,26-27H2,3-5H3,(H-,46,50)/q+1/p+1/b34-25+/t28-,29?,39?,41?,48?,49?/m0/s1. The number of quaternary nitrogens is 2. The highest BCUT2D eigenvalue weighted by atomic mass is 17.2. The van der Waals surface area contributed by atoms with Gasteiger partial charge in [0.2, 0.25) is 5.91 Å². The molecule has 2 N–H and O–H groups in total. The summed E-state index contributed by atoms with van der Waals surface area (Å²) in [6, 6.07) is 11.5. The van der Waals surface area contributed by atoms with E-state index in [4.69, 9.17) is 29.7 Å². The van der Waals surface area contributed by atoms with Gasteiger partial charge in [-0.05, 0) is 40.3 Å². The van der Waals surface area contributed by atoms with Crippen LogP contribution in [0.3, 0.4) is 0 Å². The number of ether oxygens (including phenoxy) is 3. The Balaban J connectivity index is 1.12. The van der Waals surface area contributed by atoms with Gasteiger partial charge in [0.25, 0.3) is 5.91 Å². The summed E-state index contributed by atoms with van der Waals surface area (Å²) < 4.78 is 19.0. The number of hydrogen-bond donors (Lipinski definition) is 1. The second-order valence-electron chi connectivity index (χ2n) is 16.4. The van der Waals surface area contributed by atoms with Crippen molar-refractivity contribution in [2.75, 3.05) is 79.3 Å². The molecule has 0 spiro atoms. The molecular weight excluding hydrogens is 757 g/mol. The lowest BCUT2D eigenvalue weighted by Gasteiger charge is -2.55. The molecule has 2 amide bonds. The summed E-state index contributed by atoms with van der Waals surface area (Å²) in [5.74, 6) is -3.90. The van der Waals surface area contributed by atoms with Crippen LogP contribution < -0.4 is 10.5 Å². The number of carbonyl (C=O) groups is 5. The van der Waals surface area contributed by atoms with E-state index in [1.54, 1.807) is 6.92 Å². The molecule has 312 valence electrons. The number of hydrogen-bond acceptors (Lipinski definition) is 10. The number of primary amides is 1. The number of fused-ring (bicyclic) bond motifs is 7. The summed E-state index contributed by atoms with van der Waals surface area (Å²) in [7, 11) is 1.35. The van der Waals surface area contributed by atoms with Crippen molar-refractivity contribution in [1.82, 2.24) is 4.90 Å². The lowest BCUT2D eigenvalue weighted by Crippen LogP contribution is -2.76. The molecule has 2 aromatic rings. The van der Waals surface area contributed by atoms with E-state index in [2.05, 4.69) is 31.4 Å². The topological polar surface area (TPSA) is 161 Å². The predicted molar refractivity (Wildman–Crippen MR) is 216 cm³/mol. The smallest absolute Gasteiger partial charge is 0.355 e. The highest BCUT2D eigenvalue weighted by molar-refractivity contribution is 6.08. The maximum Gasteiger partial charge on any atom is 0.355 e. The molecular formula is C45H54N4O10+2. The summed E-state index contributed by atoms with van der Waals surface area (Å²) >= 11 is 0. The van der Waals surface area contributed by atoms with Crippen molar-refractivity contribution in [3.8, 4) is 16.9 Å². The van der Waals surface area contributed by atoms with Gasteiger partial charge in [-0.15, -0.1) is 6.58 Å². The van der Waals surface area contributed by atoms with Crippen LogP contribution in [0.2, 0.25) is 0 Å². The number of piperazine rings is 3. The second-order valence-corrected chi connectivity index (χ2v) is 16.4. The fraction of sp³-hybridized carbons (Fsp3) is 0.444. The predicted octanol–water partition coefficient (Wildman–Crippen LogP) is 3.49. The normalized spacial score (nSPS) is 26.0.